The second kappa shape index (κ2) is 12.2. The largest absolute Gasteiger partial charge is 0.0656 e. The number of aryl methyl sites for hydroxylation is 1. The van der Waals surface area contributed by atoms with Crippen LogP contribution in [0.5, 0.6) is 0 Å². The molecule has 2 aliphatic rings. The Morgan fingerprint density at radius 1 is 0.923 bits per heavy atom. The number of hydrogen-bond donors (Lipinski definition) is 0. The van der Waals surface area contributed by atoms with Gasteiger partial charge in [0.25, 0.3) is 0 Å². The molecule has 0 nitrogen and oxygen atoms in total. The Morgan fingerprint density at radius 3 is 2.08 bits per heavy atom. The highest BCUT2D eigenvalue weighted by molar-refractivity contribution is 9.10. The molecule has 26 heavy (non-hydrogen) atoms. The molecule has 2 aliphatic carbocycles. The summed E-state index contributed by atoms with van der Waals surface area (Å²) >= 11 is 3.71. The zero-order valence-electron chi connectivity index (χ0n) is 17.5. The summed E-state index contributed by atoms with van der Waals surface area (Å²) in [6.07, 6.45) is 18.4. The van der Waals surface area contributed by atoms with Gasteiger partial charge in [-0.3, -0.25) is 0 Å². The van der Waals surface area contributed by atoms with E-state index in [1.807, 2.05) is 0 Å². The van der Waals surface area contributed by atoms with Crippen LogP contribution in [0.15, 0.2) is 22.7 Å². The standard InChI is InChI=1S/C22H33Br.C3H8/c1-2-5-19(12-10-17-6-3-7-17)22-15-14-21(23)16-20(22)13-11-18-8-4-9-18;1-3-2/h14-19H,2-13H2,1H3;3H2,1-2H3. The molecule has 0 heterocycles. The van der Waals surface area contributed by atoms with Crippen molar-refractivity contribution in [3.8, 4) is 0 Å². The van der Waals surface area contributed by atoms with Crippen molar-refractivity contribution in [2.24, 2.45) is 11.8 Å². The van der Waals surface area contributed by atoms with Crippen molar-refractivity contribution >= 4 is 15.9 Å². The van der Waals surface area contributed by atoms with Gasteiger partial charge in [-0.2, -0.15) is 0 Å². The molecule has 1 unspecified atom stereocenters. The SMILES string of the molecule is CCC.CCCC(CCC1CCC1)c1ccc(Br)cc1CCC1CCC1. The van der Waals surface area contributed by atoms with E-state index in [0.29, 0.717) is 0 Å². The highest BCUT2D eigenvalue weighted by Gasteiger charge is 2.22. The monoisotopic (exact) mass is 420 g/mol. The van der Waals surface area contributed by atoms with Crippen LogP contribution in [0.2, 0.25) is 0 Å². The van der Waals surface area contributed by atoms with Gasteiger partial charge in [0.2, 0.25) is 0 Å². The van der Waals surface area contributed by atoms with Crippen molar-refractivity contribution in [1.82, 2.24) is 0 Å². The van der Waals surface area contributed by atoms with Crippen LogP contribution in [0.25, 0.3) is 0 Å². The molecule has 0 spiro atoms. The second-order valence-corrected chi connectivity index (χ2v) is 9.66. The zero-order valence-corrected chi connectivity index (χ0v) is 19.1. The summed E-state index contributed by atoms with van der Waals surface area (Å²) in [6.45, 7) is 6.60. The predicted molar refractivity (Wildman–Crippen MR) is 120 cm³/mol. The van der Waals surface area contributed by atoms with Crippen molar-refractivity contribution in [3.63, 3.8) is 0 Å². The van der Waals surface area contributed by atoms with Crippen molar-refractivity contribution in [2.45, 2.75) is 110 Å². The smallest absolute Gasteiger partial charge is 0.0178 e. The Kier molecular flexibility index (Phi) is 10.3. The van der Waals surface area contributed by atoms with Crippen LogP contribution >= 0.6 is 15.9 Å². The number of benzene rings is 1. The quantitative estimate of drug-likeness (QED) is 0.373. The van der Waals surface area contributed by atoms with Crippen LogP contribution in [0.3, 0.4) is 0 Å². The Balaban J connectivity index is 0.000000758. The molecule has 0 aliphatic heterocycles. The molecule has 2 fully saturated rings. The molecule has 1 aromatic carbocycles. The first-order valence-electron chi connectivity index (χ1n) is 11.5. The maximum absolute atomic E-state index is 3.71. The molecular formula is C25H41Br. The molecule has 1 atom stereocenters. The Bertz CT molecular complexity index is 499. The van der Waals surface area contributed by atoms with Crippen LogP contribution < -0.4 is 0 Å². The van der Waals surface area contributed by atoms with E-state index in [9.17, 15) is 0 Å². The van der Waals surface area contributed by atoms with Gasteiger partial charge in [-0.25, -0.2) is 0 Å². The summed E-state index contributed by atoms with van der Waals surface area (Å²) in [7, 11) is 0. The normalized spacial score (nSPS) is 18.5. The Morgan fingerprint density at radius 2 is 1.54 bits per heavy atom. The fourth-order valence-corrected chi connectivity index (χ4v) is 4.76. The molecule has 148 valence electrons. The predicted octanol–water partition coefficient (Wildman–Crippen LogP) is 9.06. The third-order valence-electron chi connectivity index (χ3n) is 6.38. The van der Waals surface area contributed by atoms with Gasteiger partial charge in [0.15, 0.2) is 0 Å². The fourth-order valence-electron chi connectivity index (χ4n) is 4.35. The van der Waals surface area contributed by atoms with Crippen molar-refractivity contribution in [2.75, 3.05) is 0 Å². The van der Waals surface area contributed by atoms with Crippen LogP contribution in [-0.4, -0.2) is 0 Å². The minimum Gasteiger partial charge on any atom is -0.0656 e. The molecule has 0 N–H and O–H groups in total. The average molecular weight is 422 g/mol. The highest BCUT2D eigenvalue weighted by atomic mass is 79.9. The van der Waals surface area contributed by atoms with E-state index in [0.717, 1.165) is 17.8 Å². The van der Waals surface area contributed by atoms with E-state index in [-0.39, 0.29) is 0 Å². The Labute approximate surface area is 171 Å². The van der Waals surface area contributed by atoms with Crippen LogP contribution in [0.1, 0.15) is 115 Å². The lowest BCUT2D eigenvalue weighted by atomic mass is 9.77. The third-order valence-corrected chi connectivity index (χ3v) is 6.87. The lowest BCUT2D eigenvalue weighted by molar-refractivity contribution is 0.279. The van der Waals surface area contributed by atoms with Gasteiger partial charge in [0.1, 0.15) is 0 Å². The van der Waals surface area contributed by atoms with Gasteiger partial charge in [-0.1, -0.05) is 94.1 Å². The van der Waals surface area contributed by atoms with Gasteiger partial charge in [-0.05, 0) is 73.1 Å². The summed E-state index contributed by atoms with van der Waals surface area (Å²) < 4.78 is 1.26. The van der Waals surface area contributed by atoms with Crippen molar-refractivity contribution in [3.05, 3.63) is 33.8 Å². The fraction of sp³-hybridized carbons (Fsp3) is 0.760. The molecule has 0 aromatic heterocycles. The third kappa shape index (κ3) is 7.02. The summed E-state index contributed by atoms with van der Waals surface area (Å²) in [4.78, 5) is 0. The highest BCUT2D eigenvalue weighted by Crippen LogP contribution is 2.38. The molecule has 1 aromatic rings. The maximum atomic E-state index is 3.71. The van der Waals surface area contributed by atoms with Gasteiger partial charge in [0, 0.05) is 4.47 Å². The summed E-state index contributed by atoms with van der Waals surface area (Å²) in [5.74, 6) is 2.86. The van der Waals surface area contributed by atoms with E-state index in [1.54, 1.807) is 11.1 Å². The molecule has 0 saturated heterocycles. The first-order chi connectivity index (χ1) is 12.7. The molecule has 0 radical (unpaired) electrons. The molecule has 2 saturated carbocycles. The van der Waals surface area contributed by atoms with Crippen molar-refractivity contribution in [1.29, 1.82) is 0 Å². The lowest BCUT2D eigenvalue weighted by Crippen LogP contribution is -2.14. The first kappa shape index (κ1) is 22.0. The summed E-state index contributed by atoms with van der Waals surface area (Å²) in [5, 5.41) is 0. The summed E-state index contributed by atoms with van der Waals surface area (Å²) in [5.41, 5.74) is 3.31. The molecule has 0 bridgehead atoms. The van der Waals surface area contributed by atoms with Crippen LogP contribution in [-0.2, 0) is 6.42 Å². The zero-order chi connectivity index (χ0) is 18.8. The number of hydrogen-bond acceptors (Lipinski definition) is 0. The first-order valence-corrected chi connectivity index (χ1v) is 12.2. The van der Waals surface area contributed by atoms with Crippen LogP contribution in [0.4, 0.5) is 0 Å². The van der Waals surface area contributed by atoms with E-state index >= 15 is 0 Å². The molecular weight excluding hydrogens is 380 g/mol. The number of halogens is 1. The number of rotatable bonds is 9. The van der Waals surface area contributed by atoms with E-state index < -0.39 is 0 Å². The minimum absolute atomic E-state index is 0.796. The molecule has 1 heteroatoms. The molecule has 3 rings (SSSR count). The topological polar surface area (TPSA) is 0 Å². The van der Waals surface area contributed by atoms with E-state index in [2.05, 4.69) is 54.9 Å². The maximum Gasteiger partial charge on any atom is 0.0178 e. The van der Waals surface area contributed by atoms with Gasteiger partial charge < -0.3 is 0 Å². The van der Waals surface area contributed by atoms with Gasteiger partial charge in [-0.15, -0.1) is 0 Å². The van der Waals surface area contributed by atoms with E-state index in [1.165, 1.54) is 87.9 Å². The van der Waals surface area contributed by atoms with E-state index in [4.69, 9.17) is 0 Å². The average Bonchev–Trinajstić information content (AvgIpc) is 2.52. The Hall–Kier alpha value is -0.300. The van der Waals surface area contributed by atoms with Crippen LogP contribution in [0, 0.1) is 11.8 Å². The molecule has 0 amide bonds. The second-order valence-electron chi connectivity index (χ2n) is 8.75. The van der Waals surface area contributed by atoms with Gasteiger partial charge >= 0.3 is 0 Å². The lowest BCUT2D eigenvalue weighted by Gasteiger charge is -2.29. The minimum atomic E-state index is 0.796. The summed E-state index contributed by atoms with van der Waals surface area (Å²) in [6, 6.07) is 7.12. The van der Waals surface area contributed by atoms with Gasteiger partial charge in [0.05, 0.1) is 0 Å². The van der Waals surface area contributed by atoms with Crippen molar-refractivity contribution < 1.29 is 0 Å².